The maximum Gasteiger partial charge on any atom is 0.242 e. The van der Waals surface area contributed by atoms with Gasteiger partial charge in [-0.15, -0.1) is 0 Å². The second-order valence-electron chi connectivity index (χ2n) is 5.20. The van der Waals surface area contributed by atoms with E-state index in [4.69, 9.17) is 11.6 Å². The van der Waals surface area contributed by atoms with Crippen molar-refractivity contribution in [3.05, 3.63) is 27.7 Å². The van der Waals surface area contributed by atoms with Gasteiger partial charge in [0.05, 0.1) is 5.02 Å². The highest BCUT2D eigenvalue weighted by molar-refractivity contribution is 9.10. The number of halogens is 2. The van der Waals surface area contributed by atoms with Crippen LogP contribution in [-0.2, 0) is 10.0 Å². The number of sulfonamides is 1. The Bertz CT molecular complexity index is 580. The summed E-state index contributed by atoms with van der Waals surface area (Å²) in [6.45, 7) is 2.47. The Morgan fingerprint density at radius 3 is 2.90 bits per heavy atom. The van der Waals surface area contributed by atoms with Crippen molar-refractivity contribution < 1.29 is 8.42 Å². The van der Waals surface area contributed by atoms with Crippen LogP contribution in [0.25, 0.3) is 0 Å². The number of rotatable bonds is 4. The van der Waals surface area contributed by atoms with Crippen molar-refractivity contribution in [3.63, 3.8) is 0 Å². The zero-order chi connectivity index (χ0) is 14.8. The van der Waals surface area contributed by atoms with Crippen molar-refractivity contribution in [1.82, 2.24) is 9.62 Å². The van der Waals surface area contributed by atoms with Crippen molar-refractivity contribution in [3.8, 4) is 0 Å². The van der Waals surface area contributed by atoms with E-state index in [1.165, 1.54) is 6.07 Å². The van der Waals surface area contributed by atoms with Gasteiger partial charge in [0.1, 0.15) is 4.90 Å². The largest absolute Gasteiger partial charge is 0.306 e. The standard InChI is InChI=1S/C13H18BrClN2O2S/c1-17-6-2-3-10(9-17)8-16-20(18,19)13-5-4-11(14)7-12(13)15/h4-5,7,10,16H,2-3,6,8-9H2,1H3. The zero-order valence-corrected chi connectivity index (χ0v) is 14.4. The van der Waals surface area contributed by atoms with Crippen molar-refractivity contribution in [2.45, 2.75) is 17.7 Å². The molecule has 1 saturated heterocycles. The number of hydrogen-bond acceptors (Lipinski definition) is 3. The lowest BCUT2D eigenvalue weighted by atomic mass is 9.99. The fourth-order valence-electron chi connectivity index (χ4n) is 2.44. The molecular formula is C13H18BrClN2O2S. The fourth-order valence-corrected chi connectivity index (χ4v) is 4.59. The van der Waals surface area contributed by atoms with Crippen LogP contribution >= 0.6 is 27.5 Å². The highest BCUT2D eigenvalue weighted by Crippen LogP contribution is 2.25. The third kappa shape index (κ3) is 4.18. The normalized spacial score (nSPS) is 21.1. The Morgan fingerprint density at radius 1 is 1.50 bits per heavy atom. The quantitative estimate of drug-likeness (QED) is 0.872. The molecule has 1 aliphatic rings. The van der Waals surface area contributed by atoms with E-state index in [1.54, 1.807) is 12.1 Å². The topological polar surface area (TPSA) is 49.4 Å². The molecule has 0 amide bonds. The Morgan fingerprint density at radius 2 is 2.25 bits per heavy atom. The Balaban J connectivity index is 2.03. The molecule has 20 heavy (non-hydrogen) atoms. The van der Waals surface area contributed by atoms with E-state index < -0.39 is 10.0 Å². The lowest BCUT2D eigenvalue weighted by Gasteiger charge is -2.29. The molecule has 1 N–H and O–H groups in total. The average Bonchev–Trinajstić information content (AvgIpc) is 2.36. The van der Waals surface area contributed by atoms with Crippen LogP contribution < -0.4 is 4.72 Å². The highest BCUT2D eigenvalue weighted by atomic mass is 79.9. The number of benzene rings is 1. The lowest BCUT2D eigenvalue weighted by Crippen LogP contribution is -2.39. The summed E-state index contributed by atoms with van der Waals surface area (Å²) in [4.78, 5) is 2.36. The molecule has 1 aliphatic heterocycles. The second kappa shape index (κ2) is 6.75. The van der Waals surface area contributed by atoms with E-state index in [0.717, 1.165) is 30.4 Å². The highest BCUT2D eigenvalue weighted by Gasteiger charge is 2.22. The summed E-state index contributed by atoms with van der Waals surface area (Å²) in [6.07, 6.45) is 2.17. The van der Waals surface area contributed by atoms with Gasteiger partial charge in [0, 0.05) is 17.6 Å². The number of likely N-dealkylation sites (tertiary alicyclic amines) is 1. The van der Waals surface area contributed by atoms with E-state index in [-0.39, 0.29) is 9.92 Å². The summed E-state index contributed by atoms with van der Waals surface area (Å²) in [6, 6.07) is 4.78. The first-order valence-corrected chi connectivity index (χ1v) is 9.17. The molecule has 1 aromatic rings. The van der Waals surface area contributed by atoms with Crippen LogP contribution in [0.2, 0.25) is 5.02 Å². The first-order valence-electron chi connectivity index (χ1n) is 6.52. The first-order chi connectivity index (χ1) is 9.38. The van der Waals surface area contributed by atoms with E-state index in [9.17, 15) is 8.42 Å². The molecular weight excluding hydrogens is 364 g/mol. The Kier molecular flexibility index (Phi) is 5.48. The van der Waals surface area contributed by atoms with Crippen molar-refractivity contribution in [1.29, 1.82) is 0 Å². The van der Waals surface area contributed by atoms with Crippen LogP contribution in [0.4, 0.5) is 0 Å². The first kappa shape index (κ1) is 16.2. The van der Waals surface area contributed by atoms with E-state index in [0.29, 0.717) is 12.5 Å². The second-order valence-corrected chi connectivity index (χ2v) is 8.26. The van der Waals surface area contributed by atoms with Gasteiger partial charge in [0.2, 0.25) is 10.0 Å². The molecule has 1 atom stereocenters. The van der Waals surface area contributed by atoms with Crippen molar-refractivity contribution in [2.75, 3.05) is 26.7 Å². The molecule has 2 rings (SSSR count). The van der Waals surface area contributed by atoms with E-state index >= 15 is 0 Å². The predicted molar refractivity (Wildman–Crippen MR) is 84.6 cm³/mol. The monoisotopic (exact) mass is 380 g/mol. The van der Waals surface area contributed by atoms with Crippen LogP contribution in [0.15, 0.2) is 27.6 Å². The molecule has 4 nitrogen and oxygen atoms in total. The maximum absolute atomic E-state index is 12.3. The van der Waals surface area contributed by atoms with Crippen LogP contribution in [0.3, 0.4) is 0 Å². The van der Waals surface area contributed by atoms with Gasteiger partial charge in [-0.05, 0) is 50.6 Å². The fraction of sp³-hybridized carbons (Fsp3) is 0.538. The molecule has 1 fully saturated rings. The minimum atomic E-state index is -3.55. The number of nitrogens with zero attached hydrogens (tertiary/aromatic N) is 1. The SMILES string of the molecule is CN1CCCC(CNS(=O)(=O)c2ccc(Br)cc2Cl)C1. The summed E-state index contributed by atoms with van der Waals surface area (Å²) in [5.74, 6) is 0.359. The molecule has 112 valence electrons. The van der Waals surface area contributed by atoms with Gasteiger partial charge in [-0.1, -0.05) is 27.5 Å². The molecule has 0 aromatic heterocycles. The van der Waals surface area contributed by atoms with Crippen LogP contribution in [0.1, 0.15) is 12.8 Å². The molecule has 1 unspecified atom stereocenters. The molecule has 1 aromatic carbocycles. The smallest absolute Gasteiger partial charge is 0.242 e. The van der Waals surface area contributed by atoms with Gasteiger partial charge >= 0.3 is 0 Å². The molecule has 0 spiro atoms. The zero-order valence-electron chi connectivity index (χ0n) is 11.3. The van der Waals surface area contributed by atoms with E-state index in [1.807, 2.05) is 0 Å². The van der Waals surface area contributed by atoms with Gasteiger partial charge in [0.25, 0.3) is 0 Å². The lowest BCUT2D eigenvalue weighted by molar-refractivity contribution is 0.211. The number of hydrogen-bond donors (Lipinski definition) is 1. The summed E-state index contributed by atoms with van der Waals surface area (Å²) in [5.41, 5.74) is 0. The summed E-state index contributed by atoms with van der Waals surface area (Å²) >= 11 is 9.27. The Hall–Kier alpha value is -0.140. The molecule has 0 bridgehead atoms. The van der Waals surface area contributed by atoms with Crippen LogP contribution in [-0.4, -0.2) is 40.0 Å². The Labute approximate surface area is 133 Å². The van der Waals surface area contributed by atoms with Gasteiger partial charge in [-0.25, -0.2) is 13.1 Å². The predicted octanol–water partition coefficient (Wildman–Crippen LogP) is 2.72. The molecule has 0 aliphatic carbocycles. The van der Waals surface area contributed by atoms with E-state index in [2.05, 4.69) is 32.6 Å². The minimum absolute atomic E-state index is 0.131. The van der Waals surface area contributed by atoms with Crippen molar-refractivity contribution >= 4 is 37.6 Å². The summed E-state index contributed by atoms with van der Waals surface area (Å²) in [5, 5.41) is 0.229. The van der Waals surface area contributed by atoms with Gasteiger partial charge in [0.15, 0.2) is 0 Å². The van der Waals surface area contributed by atoms with Crippen LogP contribution in [0, 0.1) is 5.92 Å². The van der Waals surface area contributed by atoms with Crippen molar-refractivity contribution in [2.24, 2.45) is 5.92 Å². The van der Waals surface area contributed by atoms with Gasteiger partial charge in [-0.3, -0.25) is 0 Å². The maximum atomic E-state index is 12.3. The molecule has 0 radical (unpaired) electrons. The molecule has 1 heterocycles. The molecule has 0 saturated carbocycles. The third-order valence-electron chi connectivity index (χ3n) is 3.47. The number of piperidine rings is 1. The van der Waals surface area contributed by atoms with Gasteiger partial charge < -0.3 is 4.90 Å². The minimum Gasteiger partial charge on any atom is -0.306 e. The van der Waals surface area contributed by atoms with Gasteiger partial charge in [-0.2, -0.15) is 0 Å². The third-order valence-corrected chi connectivity index (χ3v) is 5.87. The molecule has 7 heteroatoms. The summed E-state index contributed by atoms with van der Waals surface area (Å²) < 4.78 is 28.0. The average molecular weight is 382 g/mol. The van der Waals surface area contributed by atoms with Crippen LogP contribution in [0.5, 0.6) is 0 Å². The number of nitrogens with one attached hydrogen (secondary N) is 1. The summed E-state index contributed by atoms with van der Waals surface area (Å²) in [7, 11) is -1.48.